The van der Waals surface area contributed by atoms with Crippen LogP contribution in [0.2, 0.25) is 0 Å². The number of esters is 1. The van der Waals surface area contributed by atoms with Gasteiger partial charge in [0.15, 0.2) is 0 Å². The van der Waals surface area contributed by atoms with E-state index in [9.17, 15) is 14.0 Å². The topological polar surface area (TPSA) is 61.9 Å². The monoisotopic (exact) mass is 413 g/mol. The molecular weight excluding hydrogens is 385 g/mol. The second-order valence-corrected chi connectivity index (χ2v) is 7.69. The summed E-state index contributed by atoms with van der Waals surface area (Å²) in [5, 5.41) is 2.93. The lowest BCUT2D eigenvalue weighted by atomic mass is 10.1. The maximum Gasteiger partial charge on any atom is 0.337 e. The second-order valence-electron chi connectivity index (χ2n) is 7.69. The van der Waals surface area contributed by atoms with Crippen molar-refractivity contribution in [3.8, 4) is 0 Å². The number of methoxy groups -OCH3 is 1. The Balaban J connectivity index is 1.80. The van der Waals surface area contributed by atoms with Gasteiger partial charge in [-0.25, -0.2) is 9.18 Å². The van der Waals surface area contributed by atoms with Crippen LogP contribution in [-0.2, 0) is 16.0 Å². The highest BCUT2D eigenvalue weighted by atomic mass is 19.1. The summed E-state index contributed by atoms with van der Waals surface area (Å²) in [6, 6.07) is 11.6. The molecule has 0 saturated carbocycles. The van der Waals surface area contributed by atoms with E-state index < -0.39 is 5.97 Å². The number of ether oxygens (including phenoxy) is 1. The number of rotatable bonds is 6. The quantitative estimate of drug-likeness (QED) is 0.736. The van der Waals surface area contributed by atoms with Gasteiger partial charge in [-0.15, -0.1) is 0 Å². The first-order valence-electron chi connectivity index (χ1n) is 10.1. The summed E-state index contributed by atoms with van der Waals surface area (Å²) in [6.45, 7) is 7.88. The molecule has 1 fully saturated rings. The van der Waals surface area contributed by atoms with E-state index in [4.69, 9.17) is 4.74 Å². The third kappa shape index (κ3) is 5.36. The molecule has 1 aliphatic heterocycles. The minimum Gasteiger partial charge on any atom is -0.465 e. The average Bonchev–Trinajstić information content (AvgIpc) is 2.74. The van der Waals surface area contributed by atoms with Crippen LogP contribution in [-0.4, -0.2) is 56.1 Å². The molecule has 6 nitrogen and oxygen atoms in total. The smallest absolute Gasteiger partial charge is 0.337 e. The summed E-state index contributed by atoms with van der Waals surface area (Å²) in [5.74, 6) is -1.03. The summed E-state index contributed by atoms with van der Waals surface area (Å²) in [5.41, 5.74) is 2.53. The van der Waals surface area contributed by atoms with Gasteiger partial charge >= 0.3 is 5.97 Å². The van der Waals surface area contributed by atoms with Crippen molar-refractivity contribution in [1.29, 1.82) is 0 Å². The number of hydrogen-bond acceptors (Lipinski definition) is 5. The van der Waals surface area contributed by atoms with E-state index in [1.807, 2.05) is 6.07 Å². The lowest BCUT2D eigenvalue weighted by Crippen LogP contribution is -2.49. The minimum atomic E-state index is -0.458. The summed E-state index contributed by atoms with van der Waals surface area (Å²) in [7, 11) is 1.33. The number of halogens is 1. The number of carbonyl (C=O) groups is 2. The first-order chi connectivity index (χ1) is 14.4. The Hall–Kier alpha value is -2.93. The number of nitrogens with one attached hydrogen (secondary N) is 1. The molecule has 0 bridgehead atoms. The van der Waals surface area contributed by atoms with Gasteiger partial charge in [-0.2, -0.15) is 0 Å². The van der Waals surface area contributed by atoms with Gasteiger partial charge in [-0.3, -0.25) is 9.69 Å². The molecule has 160 valence electrons. The molecule has 0 spiro atoms. The molecular formula is C23H28FN3O3. The number of amides is 1. The van der Waals surface area contributed by atoms with Crippen molar-refractivity contribution in [2.75, 3.05) is 43.5 Å². The molecule has 1 heterocycles. The van der Waals surface area contributed by atoms with Crippen LogP contribution in [0.4, 0.5) is 15.8 Å². The first-order valence-corrected chi connectivity index (χ1v) is 10.1. The number of benzene rings is 2. The Morgan fingerprint density at radius 2 is 1.73 bits per heavy atom. The zero-order valence-electron chi connectivity index (χ0n) is 17.7. The molecule has 0 radical (unpaired) electrons. The highest BCUT2D eigenvalue weighted by Crippen LogP contribution is 2.29. The summed E-state index contributed by atoms with van der Waals surface area (Å²) in [6.07, 6.45) is 0.114. The van der Waals surface area contributed by atoms with E-state index in [0.717, 1.165) is 31.9 Å². The molecule has 0 aliphatic carbocycles. The molecule has 0 atom stereocenters. The van der Waals surface area contributed by atoms with Crippen molar-refractivity contribution in [2.45, 2.75) is 26.3 Å². The number of carbonyl (C=O) groups excluding carboxylic acids is 2. The van der Waals surface area contributed by atoms with E-state index >= 15 is 0 Å². The normalized spacial score (nSPS) is 14.6. The van der Waals surface area contributed by atoms with Crippen molar-refractivity contribution < 1.29 is 18.7 Å². The number of anilines is 2. The van der Waals surface area contributed by atoms with Crippen LogP contribution in [0, 0.1) is 5.82 Å². The maximum absolute atomic E-state index is 13.1. The van der Waals surface area contributed by atoms with Crippen molar-refractivity contribution in [3.05, 3.63) is 59.4 Å². The van der Waals surface area contributed by atoms with Crippen LogP contribution < -0.4 is 10.2 Å². The zero-order valence-corrected chi connectivity index (χ0v) is 17.7. The average molecular weight is 413 g/mol. The fourth-order valence-corrected chi connectivity index (χ4v) is 3.62. The molecule has 0 aromatic heterocycles. The first kappa shape index (κ1) is 21.8. The van der Waals surface area contributed by atoms with E-state index in [1.165, 1.54) is 19.2 Å². The lowest BCUT2D eigenvalue weighted by molar-refractivity contribution is -0.115. The van der Waals surface area contributed by atoms with Crippen molar-refractivity contribution in [3.63, 3.8) is 0 Å². The lowest BCUT2D eigenvalue weighted by Gasteiger charge is -2.38. The van der Waals surface area contributed by atoms with Gasteiger partial charge < -0.3 is 15.0 Å². The Morgan fingerprint density at radius 1 is 1.07 bits per heavy atom. The van der Waals surface area contributed by atoms with Crippen LogP contribution >= 0.6 is 0 Å². The van der Waals surface area contributed by atoms with Crippen molar-refractivity contribution in [1.82, 2.24) is 4.90 Å². The SMILES string of the molecule is COC(=O)c1ccc(N2CCN(C(C)C)CC2)c(NC(=O)Cc2ccc(F)cc2)c1. The van der Waals surface area contributed by atoms with Gasteiger partial charge in [0.05, 0.1) is 30.5 Å². The largest absolute Gasteiger partial charge is 0.465 e. The third-order valence-electron chi connectivity index (χ3n) is 5.35. The van der Waals surface area contributed by atoms with Gasteiger partial charge in [0, 0.05) is 32.2 Å². The fourth-order valence-electron chi connectivity index (χ4n) is 3.62. The summed E-state index contributed by atoms with van der Waals surface area (Å²) < 4.78 is 17.9. The minimum absolute atomic E-state index is 0.114. The van der Waals surface area contributed by atoms with Crippen molar-refractivity contribution in [2.24, 2.45) is 0 Å². The Kier molecular flexibility index (Phi) is 7.05. The zero-order chi connectivity index (χ0) is 21.7. The molecule has 1 saturated heterocycles. The Bertz CT molecular complexity index is 891. The van der Waals surface area contributed by atoms with Crippen LogP contribution in [0.15, 0.2) is 42.5 Å². The van der Waals surface area contributed by atoms with Gasteiger partial charge in [-0.1, -0.05) is 12.1 Å². The van der Waals surface area contributed by atoms with Crippen molar-refractivity contribution >= 4 is 23.3 Å². The predicted octanol–water partition coefficient (Wildman–Crippen LogP) is 3.32. The van der Waals surface area contributed by atoms with Gasteiger partial charge in [0.25, 0.3) is 0 Å². The Morgan fingerprint density at radius 3 is 2.33 bits per heavy atom. The van der Waals surface area contributed by atoms with E-state index in [-0.39, 0.29) is 18.1 Å². The molecule has 1 N–H and O–H groups in total. The van der Waals surface area contributed by atoms with E-state index in [2.05, 4.69) is 29.0 Å². The molecule has 0 unspecified atom stereocenters. The van der Waals surface area contributed by atoms with E-state index in [0.29, 0.717) is 22.9 Å². The van der Waals surface area contributed by atoms with Crippen LogP contribution in [0.25, 0.3) is 0 Å². The molecule has 1 amide bonds. The predicted molar refractivity (Wildman–Crippen MR) is 115 cm³/mol. The molecule has 2 aromatic carbocycles. The summed E-state index contributed by atoms with van der Waals surface area (Å²) in [4.78, 5) is 29.3. The molecule has 2 aromatic rings. The highest BCUT2D eigenvalue weighted by molar-refractivity contribution is 5.98. The molecule has 1 aliphatic rings. The standard InChI is InChI=1S/C23H28FN3O3/c1-16(2)26-10-12-27(13-11-26)21-9-6-18(23(29)30-3)15-20(21)25-22(28)14-17-4-7-19(24)8-5-17/h4-9,15-16H,10-14H2,1-3H3,(H,25,28). The third-order valence-corrected chi connectivity index (χ3v) is 5.35. The van der Waals surface area contributed by atoms with E-state index in [1.54, 1.807) is 24.3 Å². The second kappa shape index (κ2) is 9.71. The van der Waals surface area contributed by atoms with Crippen LogP contribution in [0.1, 0.15) is 29.8 Å². The Labute approximate surface area is 176 Å². The van der Waals surface area contributed by atoms with Gasteiger partial charge in [-0.05, 0) is 49.7 Å². The fraction of sp³-hybridized carbons (Fsp3) is 0.391. The number of hydrogen-bond donors (Lipinski definition) is 1. The number of piperazine rings is 1. The van der Waals surface area contributed by atoms with Crippen LogP contribution in [0.3, 0.4) is 0 Å². The maximum atomic E-state index is 13.1. The summed E-state index contributed by atoms with van der Waals surface area (Å²) >= 11 is 0. The number of nitrogens with zero attached hydrogens (tertiary/aromatic N) is 2. The van der Waals surface area contributed by atoms with Gasteiger partial charge in [0.2, 0.25) is 5.91 Å². The molecule has 30 heavy (non-hydrogen) atoms. The molecule has 7 heteroatoms. The van der Waals surface area contributed by atoms with Crippen LogP contribution in [0.5, 0.6) is 0 Å². The molecule has 3 rings (SSSR count). The highest BCUT2D eigenvalue weighted by Gasteiger charge is 2.22. The van der Waals surface area contributed by atoms with Gasteiger partial charge in [0.1, 0.15) is 5.82 Å².